The summed E-state index contributed by atoms with van der Waals surface area (Å²) >= 11 is 8.22. The molecule has 0 heterocycles. The topological polar surface area (TPSA) is 0 Å². The molecule has 147 heteroatoms. The summed E-state index contributed by atoms with van der Waals surface area (Å²) in [6, 6.07) is 0. The molecule has 0 bridgehead atoms. The van der Waals surface area contributed by atoms with Crippen molar-refractivity contribution >= 4 is 1450 Å². The zero-order chi connectivity index (χ0) is 105. The van der Waals surface area contributed by atoms with Crippen molar-refractivity contribution in [2.75, 3.05) is 0 Å². The molecule has 0 aromatic heterocycles. The van der Waals surface area contributed by atoms with Gasteiger partial charge in [-0.1, -0.05) is 23.3 Å². The van der Waals surface area contributed by atoms with Crippen molar-refractivity contribution in [1.82, 2.24) is 0 Å². The number of thiol groups is 2. The van der Waals surface area contributed by atoms with Gasteiger partial charge in [-0.25, -0.2) is 0 Å². The monoisotopic (exact) mass is 4700 g/mol. The second-order valence-electron chi connectivity index (χ2n) is 9.88. The SMILES string of the molecule is SSSSSSSSSSSSSSSSSSSSSSSSSSSSSSSSSSSSSSSSSSSSSSSSSSSSSSSSSSSSSSSSSSSSSSSSSSSSSSSSSSSSSSSSSSSSSSSSSSSSSSSSSSSSSSSSSSSSSSSSSSSSSSSSSSSSSSSSSSSSSSSSSSS. The maximum Gasteiger partial charge on any atom is 0 e. The molecule has 0 aromatic rings. The van der Waals surface area contributed by atoms with Crippen LogP contribution in [-0.2, 0) is 0 Å². The third-order valence-corrected chi connectivity index (χ3v) is 324. The first-order valence-corrected chi connectivity index (χ1v) is 219. The van der Waals surface area contributed by atoms with E-state index in [9.17, 15) is 0 Å². The smallest absolute Gasteiger partial charge is 0 e. The van der Waals surface area contributed by atoms with Gasteiger partial charge in [-0.05, 0) is 157 Å². The second-order valence-corrected chi connectivity index (χ2v) is 267. The quantitative estimate of drug-likeness (QED) is 0.0337. The fourth-order valence-corrected chi connectivity index (χ4v) is 395. The molecule has 0 rings (SSSR count). The maximum atomic E-state index is 4.11. The predicted molar refractivity (Wildman–Crippen MR) is 1120 cm³/mol. The molecule has 0 fully saturated rings. The highest BCUT2D eigenvalue weighted by molar-refractivity contribution is 9.73. The van der Waals surface area contributed by atoms with Crippen LogP contribution in [0.2, 0.25) is 0 Å². The summed E-state index contributed by atoms with van der Waals surface area (Å²) in [7, 11) is 264. The van der Waals surface area contributed by atoms with Crippen molar-refractivity contribution in [2.45, 2.75) is 0 Å². The maximum absolute atomic E-state index is 4.11. The van der Waals surface area contributed by atoms with Crippen LogP contribution in [0.1, 0.15) is 0 Å². The largest absolute Gasteiger partial charge is 0.0988 e. The van der Waals surface area contributed by atoms with Gasteiger partial charge < -0.3 is 0 Å². The summed E-state index contributed by atoms with van der Waals surface area (Å²) in [5.74, 6) is 0. The van der Waals surface area contributed by atoms with Crippen LogP contribution < -0.4 is 0 Å². The highest BCUT2D eigenvalue weighted by atomic mass is 34.2. The number of rotatable bonds is 144. The average Bonchev–Trinajstić information content (AvgIpc) is 1.11. The van der Waals surface area contributed by atoms with Crippen LogP contribution in [-0.4, -0.2) is 0 Å². The lowest BCUT2D eigenvalue weighted by Gasteiger charge is -2.00. The Balaban J connectivity index is 3.11. The minimum atomic E-state index is 1.49. The highest BCUT2D eigenvalue weighted by Gasteiger charge is 2.14. The van der Waals surface area contributed by atoms with Crippen molar-refractivity contribution in [3.63, 3.8) is 0 Å². The minimum Gasteiger partial charge on any atom is -0.0988 e. The van der Waals surface area contributed by atoms with Crippen LogP contribution in [0.15, 0.2) is 0 Å². The molecular weight excluding hydrogens is 4710 g/mol. The van der Waals surface area contributed by atoms with Crippen LogP contribution in [0, 0.1) is 0 Å². The lowest BCUT2D eigenvalue weighted by atomic mass is 30.1. The van der Waals surface area contributed by atoms with E-state index in [2.05, 4.69) is 23.3 Å². The van der Waals surface area contributed by atoms with Gasteiger partial charge in [0.15, 0.2) is 0 Å². The van der Waals surface area contributed by atoms with Gasteiger partial charge in [-0.3, -0.25) is 0 Å². The molecule has 0 aliphatic carbocycles. The third-order valence-electron chi connectivity index (χ3n) is 4.01. The van der Waals surface area contributed by atoms with Crippen LogP contribution >= 0.6 is 1450 Å². The summed E-state index contributed by atoms with van der Waals surface area (Å²) in [4.78, 5) is 0. The predicted octanol–water partition coefficient (Wildman–Crippen LogP) is 94.8. The first-order valence-electron chi connectivity index (χ1n) is 24.4. The van der Waals surface area contributed by atoms with Crippen LogP contribution in [0.4, 0.5) is 0 Å². The summed E-state index contributed by atoms with van der Waals surface area (Å²) in [6.07, 6.45) is 0. The molecule has 0 nitrogen and oxygen atoms in total. The Kier molecular flexibility index (Phi) is 267. The van der Waals surface area contributed by atoms with E-state index in [1.54, 1.807) is 98.3 Å². The van der Waals surface area contributed by atoms with Gasteiger partial charge in [0.1, 0.15) is 0 Å². The molecule has 0 N–H and O–H groups in total. The molecule has 0 aliphatic rings. The Labute approximate surface area is 1400 Å². The van der Waals surface area contributed by atoms with Crippen molar-refractivity contribution in [3.05, 3.63) is 0 Å². The van der Waals surface area contributed by atoms with Gasteiger partial charge in [0, 0.05) is 1270 Å². The number of hydrogen-bond donors (Lipinski definition) is 2. The Hall–Kier alpha value is 51.5. The first-order chi connectivity index (χ1) is 73.4. The van der Waals surface area contributed by atoms with Crippen molar-refractivity contribution in [1.29, 1.82) is 0 Å². The minimum absolute atomic E-state index is 1.49. The lowest BCUT2D eigenvalue weighted by molar-refractivity contribution is 5.59. The molecule has 0 amide bonds. The van der Waals surface area contributed by atoms with E-state index >= 15 is 0 Å². The van der Waals surface area contributed by atoms with E-state index in [1.165, 1.54) is 19.7 Å². The van der Waals surface area contributed by atoms with Gasteiger partial charge in [-0.15, -0.1) is 0 Å². The molecule has 884 valence electrons. The zero-order valence-electron chi connectivity index (χ0n) is 60.1. The zero-order valence-corrected chi connectivity index (χ0v) is 180. The molecule has 0 saturated heterocycles. The summed E-state index contributed by atoms with van der Waals surface area (Å²) in [5, 5.41) is 0. The fraction of sp³-hybridized carbons (Fsp3) is 0. The lowest BCUT2D eigenvalue weighted by Crippen LogP contribution is -1.35. The molecule has 0 atom stereocenters. The molecule has 0 aromatic carbocycles. The van der Waals surface area contributed by atoms with Crippen molar-refractivity contribution < 1.29 is 0 Å². The summed E-state index contributed by atoms with van der Waals surface area (Å²) in [5.41, 5.74) is 0. The Bertz CT molecular complexity index is 1720. The van der Waals surface area contributed by atoms with Crippen molar-refractivity contribution in [3.8, 4) is 0 Å². The summed E-state index contributed by atoms with van der Waals surface area (Å²) in [6.45, 7) is 0. The molecule has 0 aliphatic heterocycles. The van der Waals surface area contributed by atoms with Crippen LogP contribution in [0.3, 0.4) is 0 Å². The molecular formula is H2S147. The van der Waals surface area contributed by atoms with Crippen LogP contribution in [0.5, 0.6) is 0 Å². The van der Waals surface area contributed by atoms with E-state index < -0.39 is 0 Å². The molecule has 0 unspecified atom stereocenters. The van der Waals surface area contributed by atoms with Crippen molar-refractivity contribution in [2.24, 2.45) is 0 Å². The Morgan fingerprint density at radius 3 is 0.0748 bits per heavy atom. The van der Waals surface area contributed by atoms with Gasteiger partial charge in [0.05, 0.1) is 0 Å². The van der Waals surface area contributed by atoms with Gasteiger partial charge in [-0.2, -0.15) is 0 Å². The normalized spacial score (nSPS) is 11.9. The van der Waals surface area contributed by atoms with E-state index in [0.29, 0.717) is 0 Å². The Morgan fingerprint density at radius 2 is 0.0544 bits per heavy atom. The van der Waals surface area contributed by atoms with Crippen LogP contribution in [0.25, 0.3) is 0 Å². The van der Waals surface area contributed by atoms with E-state index in [1.807, 2.05) is 1310 Å². The third kappa shape index (κ3) is 197. The highest BCUT2D eigenvalue weighted by Crippen LogP contribution is 2.79. The molecule has 0 radical (unpaired) electrons. The average molecular weight is 4720 g/mol. The van der Waals surface area contributed by atoms with Gasteiger partial charge >= 0.3 is 0 Å². The van der Waals surface area contributed by atoms with Gasteiger partial charge in [0.2, 0.25) is 0 Å². The first kappa shape index (κ1) is 198. The number of hydrogen-bond acceptors (Lipinski definition) is 147. The second kappa shape index (κ2) is 197. The van der Waals surface area contributed by atoms with E-state index in [0.717, 1.165) is 0 Å². The van der Waals surface area contributed by atoms with E-state index in [4.69, 9.17) is 0 Å². The van der Waals surface area contributed by atoms with Gasteiger partial charge in [0.25, 0.3) is 0 Å². The fourth-order valence-electron chi connectivity index (χ4n) is 1.62. The van der Waals surface area contributed by atoms with E-state index in [-0.39, 0.29) is 0 Å². The molecule has 0 spiro atoms. The standard InChI is InChI=1S/H2S147/c1-3-5-7-9-11-13-15-17-19-21-23-25-27-29-31-33-35-37-39-41-43-45-47-49-51-53-55-57-59-61-63-65-67-69-71-73-75-77-79-81-83-85-87-89-91-93-95-97-99-101-103-105-107-109-111-113-115-117-119-121-123-125-127-129-131-133-135-137-139-141-143-145-147-146-144-142-140-138-136-134-132-130-128-126-124-122-120-118-116-114-112-110-108-106-104-102-100-98-96-94-92-90-88-86-84-82-80-78-76-74-72-70-68-66-64-62-60-58-56-54-52-50-48-46-44-42-40-38-36-34-32-30-28-26-24-22-20-18-16-14-12-10-8-6-4-2/h1-2H. The Morgan fingerprint density at radius 1 is 0.0340 bits per heavy atom. The summed E-state index contributed by atoms with van der Waals surface area (Å²) < 4.78 is 0. The molecule has 147 heavy (non-hydrogen) atoms. The molecule has 0 saturated carbocycles.